The summed E-state index contributed by atoms with van der Waals surface area (Å²) in [5, 5.41) is 8.97. The maximum atomic E-state index is 12.2. The van der Waals surface area contributed by atoms with E-state index >= 15 is 0 Å². The van der Waals surface area contributed by atoms with Crippen LogP contribution in [-0.4, -0.2) is 27.8 Å². The van der Waals surface area contributed by atoms with Gasteiger partial charge in [0.05, 0.1) is 18.4 Å². The molecule has 2 heterocycles. The molecule has 0 radical (unpaired) electrons. The average molecular weight is 277 g/mol. The predicted octanol–water partition coefficient (Wildman–Crippen LogP) is 1.57. The van der Waals surface area contributed by atoms with Crippen molar-refractivity contribution in [3.8, 4) is 0 Å². The standard InChI is InChI=1S/C14H15NO5/c1-7-11(14(18)19)5-8(20-7)6-15-12(16)9-3-2-4-10(9)13(15)17/h5,9-10H,2-4,6H2,1H3,(H,18,19). The zero-order valence-corrected chi connectivity index (χ0v) is 11.1. The molecule has 6 heteroatoms. The molecule has 1 aliphatic heterocycles. The lowest BCUT2D eigenvalue weighted by Crippen LogP contribution is -2.31. The zero-order chi connectivity index (χ0) is 14.4. The third-order valence-electron chi connectivity index (χ3n) is 4.20. The average Bonchev–Trinajstić information content (AvgIpc) is 3.04. The second-order valence-corrected chi connectivity index (χ2v) is 5.39. The smallest absolute Gasteiger partial charge is 0.339 e. The molecule has 20 heavy (non-hydrogen) atoms. The largest absolute Gasteiger partial charge is 0.478 e. The summed E-state index contributed by atoms with van der Waals surface area (Å²) in [5.74, 6) is -1.12. The molecule has 1 aromatic rings. The van der Waals surface area contributed by atoms with E-state index in [2.05, 4.69) is 0 Å². The highest BCUT2D eigenvalue weighted by Gasteiger charge is 2.49. The van der Waals surface area contributed by atoms with Crippen LogP contribution in [0.3, 0.4) is 0 Å². The van der Waals surface area contributed by atoms with Gasteiger partial charge in [0.2, 0.25) is 11.8 Å². The quantitative estimate of drug-likeness (QED) is 0.847. The van der Waals surface area contributed by atoms with Gasteiger partial charge in [0.1, 0.15) is 17.1 Å². The van der Waals surface area contributed by atoms with E-state index in [1.807, 2.05) is 0 Å². The van der Waals surface area contributed by atoms with Crippen LogP contribution in [0.2, 0.25) is 0 Å². The van der Waals surface area contributed by atoms with E-state index in [-0.39, 0.29) is 41.5 Å². The fourth-order valence-electron chi connectivity index (χ4n) is 3.21. The van der Waals surface area contributed by atoms with Crippen molar-refractivity contribution in [1.82, 2.24) is 4.90 Å². The highest BCUT2D eigenvalue weighted by Crippen LogP contribution is 2.40. The second-order valence-electron chi connectivity index (χ2n) is 5.39. The van der Waals surface area contributed by atoms with Gasteiger partial charge in [-0.05, 0) is 25.8 Å². The molecule has 1 saturated carbocycles. The molecule has 1 N–H and O–H groups in total. The van der Waals surface area contributed by atoms with Gasteiger partial charge in [-0.15, -0.1) is 0 Å². The Morgan fingerprint density at radius 3 is 2.45 bits per heavy atom. The maximum absolute atomic E-state index is 12.2. The number of aryl methyl sites for hydroxylation is 1. The molecule has 0 bridgehead atoms. The highest BCUT2D eigenvalue weighted by molar-refractivity contribution is 6.05. The number of likely N-dealkylation sites (tertiary alicyclic amines) is 1. The van der Waals surface area contributed by atoms with Gasteiger partial charge < -0.3 is 9.52 Å². The predicted molar refractivity (Wildman–Crippen MR) is 66.8 cm³/mol. The van der Waals surface area contributed by atoms with Crippen molar-refractivity contribution < 1.29 is 23.9 Å². The molecule has 2 atom stereocenters. The lowest BCUT2D eigenvalue weighted by molar-refractivity contribution is -0.141. The Balaban J connectivity index is 1.81. The number of carbonyl (C=O) groups excluding carboxylic acids is 2. The molecular weight excluding hydrogens is 262 g/mol. The molecule has 3 rings (SSSR count). The first-order chi connectivity index (χ1) is 9.49. The number of rotatable bonds is 3. The molecule has 6 nitrogen and oxygen atoms in total. The van der Waals surface area contributed by atoms with Crippen LogP contribution in [0.25, 0.3) is 0 Å². The number of furan rings is 1. The summed E-state index contributed by atoms with van der Waals surface area (Å²) in [7, 11) is 0. The molecular formula is C14H15NO5. The van der Waals surface area contributed by atoms with Crippen LogP contribution >= 0.6 is 0 Å². The van der Waals surface area contributed by atoms with Crippen molar-refractivity contribution in [2.24, 2.45) is 11.8 Å². The molecule has 0 spiro atoms. The van der Waals surface area contributed by atoms with Crippen LogP contribution in [0.4, 0.5) is 0 Å². The molecule has 1 aliphatic carbocycles. The fraction of sp³-hybridized carbons (Fsp3) is 0.500. The number of carboxylic acids is 1. The van der Waals surface area contributed by atoms with E-state index in [0.717, 1.165) is 19.3 Å². The summed E-state index contributed by atoms with van der Waals surface area (Å²) < 4.78 is 5.33. The normalized spacial score (nSPS) is 25.4. The number of carboxylic acid groups (broad SMARTS) is 1. The molecule has 1 aromatic heterocycles. The van der Waals surface area contributed by atoms with E-state index in [9.17, 15) is 14.4 Å². The Hall–Kier alpha value is -2.11. The Bertz CT molecular complexity index is 581. The first-order valence-corrected chi connectivity index (χ1v) is 6.67. The summed E-state index contributed by atoms with van der Waals surface area (Å²) in [4.78, 5) is 36.5. The van der Waals surface area contributed by atoms with Crippen molar-refractivity contribution >= 4 is 17.8 Å². The first kappa shape index (κ1) is 12.9. The van der Waals surface area contributed by atoms with E-state index in [1.54, 1.807) is 6.92 Å². The zero-order valence-electron chi connectivity index (χ0n) is 11.1. The molecule has 2 amide bonds. The first-order valence-electron chi connectivity index (χ1n) is 6.67. The Labute approximate surface area is 115 Å². The second kappa shape index (κ2) is 4.47. The lowest BCUT2D eigenvalue weighted by Gasteiger charge is -2.13. The van der Waals surface area contributed by atoms with Crippen LogP contribution in [0.5, 0.6) is 0 Å². The van der Waals surface area contributed by atoms with Gasteiger partial charge in [-0.3, -0.25) is 14.5 Å². The van der Waals surface area contributed by atoms with Gasteiger partial charge >= 0.3 is 5.97 Å². The molecule has 2 aliphatic rings. The summed E-state index contributed by atoms with van der Waals surface area (Å²) in [5.41, 5.74) is 0.0688. The van der Waals surface area contributed by atoms with E-state index in [4.69, 9.17) is 9.52 Å². The van der Waals surface area contributed by atoms with Gasteiger partial charge in [-0.1, -0.05) is 6.42 Å². The number of hydrogen-bond acceptors (Lipinski definition) is 4. The summed E-state index contributed by atoms with van der Waals surface area (Å²) >= 11 is 0. The van der Waals surface area contributed by atoms with Crippen molar-refractivity contribution in [1.29, 1.82) is 0 Å². The minimum atomic E-state index is -1.08. The summed E-state index contributed by atoms with van der Waals surface area (Å²) in [6.45, 7) is 1.58. The van der Waals surface area contributed by atoms with Crippen molar-refractivity contribution in [3.63, 3.8) is 0 Å². The molecule has 2 fully saturated rings. The van der Waals surface area contributed by atoms with Gasteiger partial charge in [0, 0.05) is 0 Å². The van der Waals surface area contributed by atoms with Gasteiger partial charge in [0.25, 0.3) is 0 Å². The van der Waals surface area contributed by atoms with Crippen LogP contribution in [0.1, 0.15) is 41.1 Å². The Morgan fingerprint density at radius 1 is 1.35 bits per heavy atom. The van der Waals surface area contributed by atoms with E-state index in [1.165, 1.54) is 11.0 Å². The fourth-order valence-corrected chi connectivity index (χ4v) is 3.21. The van der Waals surface area contributed by atoms with Crippen molar-refractivity contribution in [2.45, 2.75) is 32.7 Å². The molecule has 1 saturated heterocycles. The van der Waals surface area contributed by atoms with Crippen LogP contribution in [-0.2, 0) is 16.1 Å². The van der Waals surface area contributed by atoms with E-state index in [0.29, 0.717) is 5.76 Å². The van der Waals surface area contributed by atoms with Crippen LogP contribution < -0.4 is 0 Å². The number of nitrogens with zero attached hydrogens (tertiary/aromatic N) is 1. The van der Waals surface area contributed by atoms with Gasteiger partial charge in [0.15, 0.2) is 0 Å². The molecule has 0 aromatic carbocycles. The Kier molecular flexibility index (Phi) is 2.88. The topological polar surface area (TPSA) is 87.8 Å². The third kappa shape index (κ3) is 1.83. The minimum absolute atomic E-state index is 0.0266. The number of carbonyl (C=O) groups is 3. The summed E-state index contributed by atoms with van der Waals surface area (Å²) in [6, 6.07) is 1.38. The number of amides is 2. The van der Waals surface area contributed by atoms with E-state index < -0.39 is 5.97 Å². The Morgan fingerprint density at radius 2 is 1.95 bits per heavy atom. The lowest BCUT2D eigenvalue weighted by atomic mass is 10.00. The van der Waals surface area contributed by atoms with Gasteiger partial charge in [-0.2, -0.15) is 0 Å². The van der Waals surface area contributed by atoms with Crippen molar-refractivity contribution in [3.05, 3.63) is 23.2 Å². The maximum Gasteiger partial charge on any atom is 0.339 e. The highest BCUT2D eigenvalue weighted by atomic mass is 16.4. The van der Waals surface area contributed by atoms with Crippen LogP contribution in [0.15, 0.2) is 10.5 Å². The third-order valence-corrected chi connectivity index (χ3v) is 4.20. The van der Waals surface area contributed by atoms with Crippen molar-refractivity contribution in [2.75, 3.05) is 0 Å². The SMILES string of the molecule is Cc1oc(CN2C(=O)C3CCCC3C2=O)cc1C(=O)O. The molecule has 2 unspecified atom stereocenters. The number of imide groups is 1. The number of aromatic carboxylic acids is 1. The summed E-state index contributed by atoms with van der Waals surface area (Å²) in [6.07, 6.45) is 2.45. The monoisotopic (exact) mass is 277 g/mol. The van der Waals surface area contributed by atoms with Gasteiger partial charge in [-0.25, -0.2) is 4.79 Å². The molecule has 106 valence electrons. The number of hydrogen-bond donors (Lipinski definition) is 1. The number of fused-ring (bicyclic) bond motifs is 1. The minimum Gasteiger partial charge on any atom is -0.478 e. The van der Waals surface area contributed by atoms with Crippen LogP contribution in [0, 0.1) is 18.8 Å².